The molecule has 0 saturated heterocycles. The fourth-order valence-corrected chi connectivity index (χ4v) is 4.73. The van der Waals surface area contributed by atoms with Crippen LogP contribution in [0, 0.1) is 0 Å². The van der Waals surface area contributed by atoms with Crippen LogP contribution in [0.15, 0.2) is 84.9 Å². The number of nitrogens with one attached hydrogen (secondary N) is 1. The molecule has 0 aliphatic carbocycles. The molecule has 3 N–H and O–H groups in total. The van der Waals surface area contributed by atoms with E-state index < -0.39 is 0 Å². The van der Waals surface area contributed by atoms with Crippen LogP contribution < -0.4 is 5.73 Å². The van der Waals surface area contributed by atoms with Gasteiger partial charge in [-0.2, -0.15) is 0 Å². The normalized spacial score (nSPS) is 11.9. The number of aromatic nitrogens is 2. The molecule has 0 amide bonds. The van der Waals surface area contributed by atoms with Crippen LogP contribution in [0.1, 0.15) is 11.1 Å². The zero-order valence-corrected chi connectivity index (χ0v) is 16.0. The van der Waals surface area contributed by atoms with Gasteiger partial charge < -0.3 is 15.3 Å². The molecule has 3 nitrogen and oxygen atoms in total. The number of rotatable bonds is 3. The number of fused-ring (bicyclic) bond motifs is 7. The maximum Gasteiger partial charge on any atom is 0.0743 e. The van der Waals surface area contributed by atoms with Gasteiger partial charge >= 0.3 is 0 Å². The fourth-order valence-electron chi connectivity index (χ4n) is 4.73. The molecule has 140 valence electrons. The lowest BCUT2D eigenvalue weighted by Crippen LogP contribution is -2.01. The van der Waals surface area contributed by atoms with E-state index in [0.29, 0.717) is 6.54 Å². The third kappa shape index (κ3) is 2.35. The summed E-state index contributed by atoms with van der Waals surface area (Å²) in [6.45, 7) is 1.34. The predicted octanol–water partition coefficient (Wildman–Crippen LogP) is 5.94. The van der Waals surface area contributed by atoms with Crippen molar-refractivity contribution >= 4 is 43.6 Å². The third-order valence-electron chi connectivity index (χ3n) is 6.00. The van der Waals surface area contributed by atoms with Crippen molar-refractivity contribution < 1.29 is 0 Å². The molecule has 4 aromatic carbocycles. The van der Waals surface area contributed by atoms with Crippen molar-refractivity contribution in [2.45, 2.75) is 13.1 Å². The molecule has 29 heavy (non-hydrogen) atoms. The Morgan fingerprint density at radius 3 is 2.31 bits per heavy atom. The number of aromatic amines is 1. The van der Waals surface area contributed by atoms with Crippen LogP contribution >= 0.6 is 0 Å². The van der Waals surface area contributed by atoms with Gasteiger partial charge in [-0.3, -0.25) is 0 Å². The minimum absolute atomic E-state index is 0.519. The molecule has 0 spiro atoms. The van der Waals surface area contributed by atoms with Gasteiger partial charge in [0.25, 0.3) is 0 Å². The Morgan fingerprint density at radius 2 is 1.48 bits per heavy atom. The van der Waals surface area contributed by atoms with Crippen LogP contribution in [-0.4, -0.2) is 9.55 Å². The van der Waals surface area contributed by atoms with Gasteiger partial charge in [-0.25, -0.2) is 0 Å². The Bertz CT molecular complexity index is 1500. The standard InChI is InChI=1S/C26H21N3/c27-15-18-14-21-19-10-4-6-12-22(19)28-25(21)26-24(18)20-11-5-7-13-23(20)29(26)16-17-8-2-1-3-9-17/h1-14,28H,15-16,27H2. The van der Waals surface area contributed by atoms with E-state index in [1.807, 2.05) is 0 Å². The Labute approximate surface area is 168 Å². The Balaban J connectivity index is 1.83. The molecule has 3 heteroatoms. The SMILES string of the molecule is NCc1cc2c3ccccc3[nH]c2c2c1c1ccccc1n2Cc1ccccc1. The highest BCUT2D eigenvalue weighted by molar-refractivity contribution is 6.23. The quantitative estimate of drug-likeness (QED) is 0.395. The number of benzene rings is 4. The molecule has 6 rings (SSSR count). The first-order chi connectivity index (χ1) is 14.3. The van der Waals surface area contributed by atoms with Gasteiger partial charge in [0.1, 0.15) is 0 Å². The van der Waals surface area contributed by atoms with Crippen LogP contribution in [-0.2, 0) is 13.1 Å². The maximum atomic E-state index is 6.25. The lowest BCUT2D eigenvalue weighted by atomic mass is 10.0. The summed E-state index contributed by atoms with van der Waals surface area (Å²) in [7, 11) is 0. The van der Waals surface area contributed by atoms with E-state index in [0.717, 1.165) is 12.1 Å². The summed E-state index contributed by atoms with van der Waals surface area (Å²) in [6.07, 6.45) is 0. The van der Waals surface area contributed by atoms with Crippen LogP contribution in [0.3, 0.4) is 0 Å². The zero-order chi connectivity index (χ0) is 19.4. The first kappa shape index (κ1) is 16.4. The lowest BCUT2D eigenvalue weighted by molar-refractivity contribution is 0.870. The van der Waals surface area contributed by atoms with E-state index in [1.165, 1.54) is 49.2 Å². The van der Waals surface area contributed by atoms with Gasteiger partial charge in [0.05, 0.1) is 11.0 Å². The second kappa shape index (κ2) is 6.23. The fraction of sp³-hybridized carbons (Fsp3) is 0.0769. The number of para-hydroxylation sites is 2. The highest BCUT2D eigenvalue weighted by Gasteiger charge is 2.19. The van der Waals surface area contributed by atoms with E-state index in [4.69, 9.17) is 5.73 Å². The average molecular weight is 375 g/mol. The number of nitrogens with zero attached hydrogens (tertiary/aromatic N) is 1. The van der Waals surface area contributed by atoms with Gasteiger partial charge in [-0.15, -0.1) is 0 Å². The third-order valence-corrected chi connectivity index (χ3v) is 6.00. The lowest BCUT2D eigenvalue weighted by Gasteiger charge is -2.10. The highest BCUT2D eigenvalue weighted by Crippen LogP contribution is 2.39. The van der Waals surface area contributed by atoms with Gasteiger partial charge in [0.2, 0.25) is 0 Å². The van der Waals surface area contributed by atoms with E-state index in [2.05, 4.69) is 94.5 Å². The van der Waals surface area contributed by atoms with Crippen LogP contribution in [0.25, 0.3) is 43.6 Å². The molecule has 0 saturated carbocycles. The summed E-state index contributed by atoms with van der Waals surface area (Å²) in [5.41, 5.74) is 13.6. The summed E-state index contributed by atoms with van der Waals surface area (Å²) in [5.74, 6) is 0. The molecule has 6 aromatic rings. The smallest absolute Gasteiger partial charge is 0.0743 e. The number of hydrogen-bond donors (Lipinski definition) is 2. The molecule has 0 radical (unpaired) electrons. The van der Waals surface area contributed by atoms with Crippen molar-refractivity contribution in [3.8, 4) is 0 Å². The Morgan fingerprint density at radius 1 is 0.759 bits per heavy atom. The van der Waals surface area contributed by atoms with Crippen molar-refractivity contribution in [1.29, 1.82) is 0 Å². The summed E-state index contributed by atoms with van der Waals surface area (Å²) >= 11 is 0. The van der Waals surface area contributed by atoms with Gasteiger partial charge in [-0.1, -0.05) is 66.7 Å². The van der Waals surface area contributed by atoms with Gasteiger partial charge in [0, 0.05) is 45.7 Å². The van der Waals surface area contributed by atoms with Crippen LogP contribution in [0.5, 0.6) is 0 Å². The zero-order valence-electron chi connectivity index (χ0n) is 16.0. The second-order valence-electron chi connectivity index (χ2n) is 7.65. The highest BCUT2D eigenvalue weighted by atomic mass is 15.0. The molecule has 0 aliphatic rings. The van der Waals surface area contributed by atoms with Crippen molar-refractivity contribution in [2.24, 2.45) is 5.73 Å². The predicted molar refractivity (Wildman–Crippen MR) is 122 cm³/mol. The van der Waals surface area contributed by atoms with E-state index >= 15 is 0 Å². The largest absolute Gasteiger partial charge is 0.353 e. The Hall–Kier alpha value is -3.56. The molecule has 2 aromatic heterocycles. The average Bonchev–Trinajstić information content (AvgIpc) is 3.30. The van der Waals surface area contributed by atoms with Crippen molar-refractivity contribution in [3.63, 3.8) is 0 Å². The summed E-state index contributed by atoms with van der Waals surface area (Å²) in [5, 5.41) is 5.01. The summed E-state index contributed by atoms with van der Waals surface area (Å²) < 4.78 is 2.44. The molecule has 0 fully saturated rings. The van der Waals surface area contributed by atoms with Crippen molar-refractivity contribution in [3.05, 3.63) is 96.1 Å². The van der Waals surface area contributed by atoms with Crippen LogP contribution in [0.2, 0.25) is 0 Å². The van der Waals surface area contributed by atoms with E-state index in [9.17, 15) is 0 Å². The number of H-pyrrole nitrogens is 1. The first-order valence-corrected chi connectivity index (χ1v) is 10.0. The summed E-state index contributed by atoms with van der Waals surface area (Å²) in [6, 6.07) is 30.1. The number of nitrogens with two attached hydrogens (primary N) is 1. The molecule has 0 aliphatic heterocycles. The topological polar surface area (TPSA) is 46.7 Å². The molecule has 0 unspecified atom stereocenters. The minimum Gasteiger partial charge on any atom is -0.353 e. The van der Waals surface area contributed by atoms with E-state index in [1.54, 1.807) is 0 Å². The van der Waals surface area contributed by atoms with Crippen LogP contribution in [0.4, 0.5) is 0 Å². The molecular formula is C26H21N3. The molecule has 0 bridgehead atoms. The van der Waals surface area contributed by atoms with Crippen molar-refractivity contribution in [1.82, 2.24) is 9.55 Å². The molecule has 2 heterocycles. The minimum atomic E-state index is 0.519. The Kier molecular flexibility index (Phi) is 3.52. The number of hydrogen-bond acceptors (Lipinski definition) is 1. The summed E-state index contributed by atoms with van der Waals surface area (Å²) in [4.78, 5) is 3.70. The van der Waals surface area contributed by atoms with Gasteiger partial charge in [-0.05, 0) is 29.3 Å². The maximum absolute atomic E-state index is 6.25. The molecule has 0 atom stereocenters. The van der Waals surface area contributed by atoms with Crippen molar-refractivity contribution in [2.75, 3.05) is 0 Å². The second-order valence-corrected chi connectivity index (χ2v) is 7.65. The monoisotopic (exact) mass is 375 g/mol. The van der Waals surface area contributed by atoms with Gasteiger partial charge in [0.15, 0.2) is 0 Å². The van der Waals surface area contributed by atoms with E-state index in [-0.39, 0.29) is 0 Å². The molecular weight excluding hydrogens is 354 g/mol. The first-order valence-electron chi connectivity index (χ1n) is 10.0.